The van der Waals surface area contributed by atoms with E-state index >= 15 is 0 Å². The summed E-state index contributed by atoms with van der Waals surface area (Å²) in [6, 6.07) is 10.2. The van der Waals surface area contributed by atoms with E-state index in [4.69, 9.17) is 16.2 Å². The lowest BCUT2D eigenvalue weighted by molar-refractivity contribution is 0.1000. The second-order valence-electron chi connectivity index (χ2n) is 3.68. The van der Waals surface area contributed by atoms with Crippen molar-refractivity contribution in [2.45, 2.75) is 0 Å². The fourth-order valence-corrected chi connectivity index (χ4v) is 1.45. The van der Waals surface area contributed by atoms with E-state index in [1.54, 1.807) is 18.2 Å². The highest BCUT2D eigenvalue weighted by Crippen LogP contribution is 2.28. The van der Waals surface area contributed by atoms with Crippen molar-refractivity contribution in [3.05, 3.63) is 53.8 Å². The molecule has 18 heavy (non-hydrogen) atoms. The number of rotatable bonds is 3. The molecule has 1 amide bonds. The maximum atomic E-state index is 12.9. The molecule has 0 bridgehead atoms. The maximum absolute atomic E-state index is 12.9. The average Bonchev–Trinajstić information content (AvgIpc) is 2.33. The Morgan fingerprint density at radius 1 is 1.17 bits per heavy atom. The summed E-state index contributed by atoms with van der Waals surface area (Å²) < 4.78 is 18.3. The first kappa shape index (κ1) is 11.9. The number of carbonyl (C=O) groups is 1. The molecule has 0 aliphatic rings. The molecule has 5 heteroatoms. The van der Waals surface area contributed by atoms with Crippen LogP contribution in [0, 0.1) is 5.82 Å². The summed E-state index contributed by atoms with van der Waals surface area (Å²) in [5.41, 5.74) is 11.3. The van der Waals surface area contributed by atoms with Crippen LogP contribution in [0.4, 0.5) is 10.1 Å². The molecular weight excluding hydrogens is 235 g/mol. The van der Waals surface area contributed by atoms with E-state index < -0.39 is 11.7 Å². The first-order chi connectivity index (χ1) is 8.56. The van der Waals surface area contributed by atoms with Crippen LogP contribution in [0.15, 0.2) is 42.5 Å². The van der Waals surface area contributed by atoms with Crippen LogP contribution in [-0.4, -0.2) is 5.91 Å². The van der Waals surface area contributed by atoms with Crippen LogP contribution in [0.3, 0.4) is 0 Å². The van der Waals surface area contributed by atoms with Gasteiger partial charge in [0.05, 0.1) is 5.69 Å². The van der Waals surface area contributed by atoms with Crippen molar-refractivity contribution in [2.75, 3.05) is 5.73 Å². The number of hydrogen-bond acceptors (Lipinski definition) is 3. The van der Waals surface area contributed by atoms with Crippen molar-refractivity contribution < 1.29 is 13.9 Å². The quantitative estimate of drug-likeness (QED) is 0.815. The van der Waals surface area contributed by atoms with E-state index in [9.17, 15) is 9.18 Å². The van der Waals surface area contributed by atoms with Crippen LogP contribution < -0.4 is 16.2 Å². The van der Waals surface area contributed by atoms with Crippen LogP contribution in [0.5, 0.6) is 11.5 Å². The molecule has 0 radical (unpaired) electrons. The maximum Gasteiger partial charge on any atom is 0.248 e. The smallest absolute Gasteiger partial charge is 0.248 e. The highest BCUT2D eigenvalue weighted by Gasteiger charge is 2.06. The first-order valence-corrected chi connectivity index (χ1v) is 5.19. The van der Waals surface area contributed by atoms with Crippen molar-refractivity contribution in [1.82, 2.24) is 0 Å². The van der Waals surface area contributed by atoms with E-state index in [2.05, 4.69) is 0 Å². The number of primary amides is 1. The number of benzene rings is 2. The van der Waals surface area contributed by atoms with Crippen LogP contribution in [0.2, 0.25) is 0 Å². The number of anilines is 1. The zero-order valence-corrected chi connectivity index (χ0v) is 9.39. The Morgan fingerprint density at radius 3 is 2.61 bits per heavy atom. The molecule has 0 unspecified atom stereocenters. The minimum Gasteiger partial charge on any atom is -0.455 e. The number of hydrogen-bond donors (Lipinski definition) is 2. The molecule has 2 aromatic rings. The third-order valence-corrected chi connectivity index (χ3v) is 2.32. The minimum atomic E-state index is -0.549. The van der Waals surface area contributed by atoms with E-state index in [0.717, 1.165) is 6.07 Å². The Balaban J connectivity index is 2.28. The van der Waals surface area contributed by atoms with Gasteiger partial charge in [0, 0.05) is 11.6 Å². The second-order valence-corrected chi connectivity index (χ2v) is 3.68. The van der Waals surface area contributed by atoms with Crippen molar-refractivity contribution >= 4 is 11.6 Å². The van der Waals surface area contributed by atoms with Crippen LogP contribution in [0.25, 0.3) is 0 Å². The highest BCUT2D eigenvalue weighted by atomic mass is 19.1. The Hall–Kier alpha value is -2.56. The molecule has 2 aromatic carbocycles. The molecule has 92 valence electrons. The number of nitrogen functional groups attached to an aromatic ring is 1. The predicted molar refractivity (Wildman–Crippen MR) is 65.8 cm³/mol. The standard InChI is InChI=1S/C13H11FN2O2/c14-9-4-5-12(11(15)7-9)18-10-3-1-2-8(6-10)13(16)17/h1-7H,15H2,(H2,16,17). The number of nitrogens with two attached hydrogens (primary N) is 2. The molecule has 4 nitrogen and oxygen atoms in total. The van der Waals surface area contributed by atoms with E-state index in [0.29, 0.717) is 17.1 Å². The highest BCUT2D eigenvalue weighted by molar-refractivity contribution is 5.93. The molecule has 0 aromatic heterocycles. The molecule has 0 heterocycles. The number of carbonyl (C=O) groups excluding carboxylic acids is 1. The molecule has 0 aliphatic heterocycles. The summed E-state index contributed by atoms with van der Waals surface area (Å²) in [6.45, 7) is 0. The summed E-state index contributed by atoms with van der Waals surface area (Å²) in [5, 5.41) is 0. The van der Waals surface area contributed by atoms with E-state index in [1.165, 1.54) is 18.2 Å². The molecule has 0 atom stereocenters. The zero-order chi connectivity index (χ0) is 13.1. The van der Waals surface area contributed by atoms with Crippen LogP contribution in [0.1, 0.15) is 10.4 Å². The topological polar surface area (TPSA) is 78.3 Å². The third kappa shape index (κ3) is 2.57. The second kappa shape index (κ2) is 4.75. The monoisotopic (exact) mass is 246 g/mol. The number of ether oxygens (including phenoxy) is 1. The largest absolute Gasteiger partial charge is 0.455 e. The Morgan fingerprint density at radius 2 is 1.94 bits per heavy atom. The number of halogens is 1. The summed E-state index contributed by atoms with van der Waals surface area (Å²) in [4.78, 5) is 11.0. The lowest BCUT2D eigenvalue weighted by Gasteiger charge is -2.08. The average molecular weight is 246 g/mol. The Labute approximate surface area is 103 Å². The fraction of sp³-hybridized carbons (Fsp3) is 0. The molecule has 0 saturated heterocycles. The van der Waals surface area contributed by atoms with Crippen LogP contribution in [-0.2, 0) is 0 Å². The molecule has 0 spiro atoms. The molecule has 0 aliphatic carbocycles. The first-order valence-electron chi connectivity index (χ1n) is 5.19. The van der Waals surface area contributed by atoms with Gasteiger partial charge in [-0.15, -0.1) is 0 Å². The normalized spacial score (nSPS) is 10.1. The lowest BCUT2D eigenvalue weighted by atomic mass is 10.2. The van der Waals surface area contributed by atoms with Gasteiger partial charge in [-0.25, -0.2) is 4.39 Å². The number of amides is 1. The molecule has 0 fully saturated rings. The summed E-state index contributed by atoms with van der Waals surface area (Å²) >= 11 is 0. The van der Waals surface area contributed by atoms with Crippen molar-refractivity contribution in [3.63, 3.8) is 0 Å². The summed E-state index contributed by atoms with van der Waals surface area (Å²) in [5.74, 6) is -0.263. The van der Waals surface area contributed by atoms with Gasteiger partial charge < -0.3 is 16.2 Å². The minimum absolute atomic E-state index is 0.180. The van der Waals surface area contributed by atoms with E-state index in [1.807, 2.05) is 0 Å². The molecule has 4 N–H and O–H groups in total. The fourth-order valence-electron chi connectivity index (χ4n) is 1.45. The van der Waals surface area contributed by atoms with Gasteiger partial charge in [-0.05, 0) is 30.3 Å². The summed E-state index contributed by atoms with van der Waals surface area (Å²) in [7, 11) is 0. The Bertz CT molecular complexity index is 599. The van der Waals surface area contributed by atoms with Gasteiger partial charge in [-0.1, -0.05) is 6.07 Å². The van der Waals surface area contributed by atoms with Gasteiger partial charge in [0.15, 0.2) is 5.75 Å². The van der Waals surface area contributed by atoms with Gasteiger partial charge >= 0.3 is 0 Å². The van der Waals surface area contributed by atoms with Crippen molar-refractivity contribution in [1.29, 1.82) is 0 Å². The van der Waals surface area contributed by atoms with E-state index in [-0.39, 0.29) is 5.69 Å². The van der Waals surface area contributed by atoms with Crippen LogP contribution >= 0.6 is 0 Å². The summed E-state index contributed by atoms with van der Waals surface area (Å²) in [6.07, 6.45) is 0. The zero-order valence-electron chi connectivity index (χ0n) is 9.39. The van der Waals surface area contributed by atoms with Gasteiger partial charge in [0.1, 0.15) is 11.6 Å². The molecule has 2 rings (SSSR count). The van der Waals surface area contributed by atoms with Gasteiger partial charge in [0.25, 0.3) is 0 Å². The van der Waals surface area contributed by atoms with Gasteiger partial charge in [0.2, 0.25) is 5.91 Å². The van der Waals surface area contributed by atoms with Crippen molar-refractivity contribution in [2.24, 2.45) is 5.73 Å². The van der Waals surface area contributed by atoms with Gasteiger partial charge in [-0.2, -0.15) is 0 Å². The van der Waals surface area contributed by atoms with Gasteiger partial charge in [-0.3, -0.25) is 4.79 Å². The SMILES string of the molecule is NC(=O)c1cccc(Oc2ccc(F)cc2N)c1. The predicted octanol–water partition coefficient (Wildman–Crippen LogP) is 2.30. The molecule has 0 saturated carbocycles. The van der Waals surface area contributed by atoms with Crippen molar-refractivity contribution in [3.8, 4) is 11.5 Å². The third-order valence-electron chi connectivity index (χ3n) is 2.32. The lowest BCUT2D eigenvalue weighted by Crippen LogP contribution is -2.10. The Kier molecular flexibility index (Phi) is 3.14. The molecular formula is C13H11FN2O2.